The van der Waals surface area contributed by atoms with Crippen LogP contribution in [0.15, 0.2) is 53.6 Å². The van der Waals surface area contributed by atoms with Crippen molar-refractivity contribution >= 4 is 33.9 Å². The van der Waals surface area contributed by atoms with Crippen molar-refractivity contribution in [1.82, 2.24) is 0 Å². The van der Waals surface area contributed by atoms with Crippen molar-refractivity contribution in [3.05, 3.63) is 59.1 Å². The Balaban J connectivity index is 2.92. The van der Waals surface area contributed by atoms with Crippen molar-refractivity contribution in [2.45, 2.75) is 0 Å². The fraction of sp³-hybridized carbons (Fsp3) is 0.0667. The highest BCUT2D eigenvalue weighted by Gasteiger charge is 2.08. The van der Waals surface area contributed by atoms with Crippen molar-refractivity contribution < 1.29 is 19.1 Å². The lowest BCUT2D eigenvalue weighted by Gasteiger charge is -2.07. The number of esters is 2. The van der Waals surface area contributed by atoms with E-state index < -0.39 is 11.9 Å². The Hall–Kier alpha value is -2.14. The zero-order valence-corrected chi connectivity index (χ0v) is 12.4. The number of carbonyl (C=O) groups is 2. The van der Waals surface area contributed by atoms with Gasteiger partial charge in [-0.3, -0.25) is 0 Å². The topological polar surface area (TPSA) is 52.6 Å². The molecule has 1 rings (SSSR count). The maximum atomic E-state index is 11.6. The summed E-state index contributed by atoms with van der Waals surface area (Å²) in [5.74, 6) is -0.915. The van der Waals surface area contributed by atoms with Crippen molar-refractivity contribution in [1.29, 1.82) is 0 Å². The third-order valence-corrected chi connectivity index (χ3v) is 2.87. The second kappa shape index (κ2) is 8.12. The fourth-order valence-electron chi connectivity index (χ4n) is 1.28. The van der Waals surface area contributed by atoms with Crippen LogP contribution in [0.25, 0.3) is 6.08 Å². The zero-order valence-electron chi connectivity index (χ0n) is 10.8. The van der Waals surface area contributed by atoms with E-state index in [1.54, 1.807) is 30.4 Å². The van der Waals surface area contributed by atoms with Gasteiger partial charge in [0.15, 0.2) is 0 Å². The molecule has 0 saturated heterocycles. The first-order valence-corrected chi connectivity index (χ1v) is 6.43. The molecule has 0 N–H and O–H groups in total. The summed E-state index contributed by atoms with van der Waals surface area (Å²) in [6.07, 6.45) is 7.10. The zero-order chi connectivity index (χ0) is 15.0. The molecular formula is C15H13BrO4. The Morgan fingerprint density at radius 2 is 1.95 bits per heavy atom. The highest BCUT2D eigenvalue weighted by atomic mass is 79.9. The fourth-order valence-corrected chi connectivity index (χ4v) is 1.76. The average molecular weight is 337 g/mol. The standard InChI is InChI=1S/C15H13BrO4/c1-3-4-6-11-12(16)7-5-8-13(11)20-15(18)10-9-14(17)19-2/h3-10H,1H2,2H3/b6-4+,10-9+. The SMILES string of the molecule is C=C/C=C/c1c(Br)cccc1OC(=O)/C=C/C(=O)OC. The molecule has 0 radical (unpaired) electrons. The van der Waals surface area contributed by atoms with Crippen LogP contribution in [0.2, 0.25) is 0 Å². The van der Waals surface area contributed by atoms with Crippen molar-refractivity contribution in [3.8, 4) is 5.75 Å². The van der Waals surface area contributed by atoms with Crippen LogP contribution in [-0.4, -0.2) is 19.0 Å². The monoisotopic (exact) mass is 336 g/mol. The van der Waals surface area contributed by atoms with Crippen LogP contribution in [-0.2, 0) is 14.3 Å². The third kappa shape index (κ3) is 4.85. The summed E-state index contributed by atoms with van der Waals surface area (Å²) in [6, 6.07) is 5.21. The van der Waals surface area contributed by atoms with E-state index in [0.29, 0.717) is 11.3 Å². The Morgan fingerprint density at radius 3 is 2.60 bits per heavy atom. The highest BCUT2D eigenvalue weighted by molar-refractivity contribution is 9.10. The van der Waals surface area contributed by atoms with E-state index in [4.69, 9.17) is 4.74 Å². The molecule has 4 nitrogen and oxygen atoms in total. The van der Waals surface area contributed by atoms with Gasteiger partial charge >= 0.3 is 11.9 Å². The largest absolute Gasteiger partial charge is 0.466 e. The van der Waals surface area contributed by atoms with Gasteiger partial charge in [0.1, 0.15) is 5.75 Å². The molecule has 0 spiro atoms. The summed E-state index contributed by atoms with van der Waals surface area (Å²) < 4.78 is 10.3. The highest BCUT2D eigenvalue weighted by Crippen LogP contribution is 2.28. The predicted octanol–water partition coefficient (Wildman–Crippen LogP) is 3.28. The molecule has 0 atom stereocenters. The minimum absolute atomic E-state index is 0.372. The number of benzene rings is 1. The molecule has 0 aliphatic rings. The minimum atomic E-state index is -0.665. The minimum Gasteiger partial charge on any atom is -0.466 e. The Morgan fingerprint density at radius 1 is 1.25 bits per heavy atom. The maximum Gasteiger partial charge on any atom is 0.336 e. The molecule has 0 saturated carbocycles. The Bertz CT molecular complexity index is 573. The Kier molecular flexibility index (Phi) is 6.46. The molecule has 1 aromatic rings. The first kappa shape index (κ1) is 15.9. The summed E-state index contributed by atoms with van der Waals surface area (Å²) in [4.78, 5) is 22.5. The van der Waals surface area contributed by atoms with Crippen LogP contribution in [0.3, 0.4) is 0 Å². The summed E-state index contributed by atoms with van der Waals surface area (Å²) in [7, 11) is 1.23. The van der Waals surface area contributed by atoms with Gasteiger partial charge in [-0.2, -0.15) is 0 Å². The number of carbonyl (C=O) groups excluding carboxylic acids is 2. The molecule has 0 unspecified atom stereocenters. The molecule has 0 amide bonds. The number of rotatable bonds is 5. The molecule has 104 valence electrons. The molecule has 20 heavy (non-hydrogen) atoms. The average Bonchev–Trinajstić information content (AvgIpc) is 2.44. The van der Waals surface area contributed by atoms with E-state index in [0.717, 1.165) is 16.6 Å². The van der Waals surface area contributed by atoms with Crippen molar-refractivity contribution in [2.24, 2.45) is 0 Å². The molecular weight excluding hydrogens is 324 g/mol. The summed E-state index contributed by atoms with van der Waals surface area (Å²) in [5.41, 5.74) is 0.701. The van der Waals surface area contributed by atoms with Crippen molar-refractivity contribution in [3.63, 3.8) is 0 Å². The van der Waals surface area contributed by atoms with Crippen LogP contribution in [0, 0.1) is 0 Å². The second-order valence-electron chi connectivity index (χ2n) is 3.52. The number of allylic oxidation sites excluding steroid dienone is 2. The van der Waals surface area contributed by atoms with Crippen LogP contribution >= 0.6 is 15.9 Å². The van der Waals surface area contributed by atoms with E-state index >= 15 is 0 Å². The summed E-state index contributed by atoms with van der Waals surface area (Å²) in [6.45, 7) is 3.58. The molecule has 0 aliphatic carbocycles. The van der Waals surface area contributed by atoms with Gasteiger partial charge in [0.05, 0.1) is 7.11 Å². The molecule has 1 aromatic carbocycles. The molecule has 0 bridgehead atoms. The number of halogens is 1. The third-order valence-electron chi connectivity index (χ3n) is 2.18. The Labute approximate surface area is 125 Å². The normalized spacial score (nSPS) is 10.7. The van der Waals surface area contributed by atoms with Gasteiger partial charge in [-0.05, 0) is 12.1 Å². The quantitative estimate of drug-likeness (QED) is 0.358. The number of hydrogen-bond donors (Lipinski definition) is 0. The van der Waals surface area contributed by atoms with E-state index in [1.165, 1.54) is 7.11 Å². The van der Waals surface area contributed by atoms with Gasteiger partial charge in [-0.15, -0.1) is 0 Å². The maximum absolute atomic E-state index is 11.6. The summed E-state index contributed by atoms with van der Waals surface area (Å²) >= 11 is 3.37. The second-order valence-corrected chi connectivity index (χ2v) is 4.38. The number of methoxy groups -OCH3 is 1. The summed E-state index contributed by atoms with van der Waals surface area (Å²) in [5, 5.41) is 0. The lowest BCUT2D eigenvalue weighted by Crippen LogP contribution is -2.06. The van der Waals surface area contributed by atoms with Gasteiger partial charge in [-0.1, -0.05) is 46.8 Å². The van der Waals surface area contributed by atoms with Crippen LogP contribution < -0.4 is 4.74 Å². The lowest BCUT2D eigenvalue weighted by molar-refractivity contribution is -0.135. The van der Waals surface area contributed by atoms with Gasteiger partial charge in [0, 0.05) is 22.2 Å². The number of ether oxygens (including phenoxy) is 2. The molecule has 0 fully saturated rings. The van der Waals surface area contributed by atoms with Crippen molar-refractivity contribution in [2.75, 3.05) is 7.11 Å². The first-order chi connectivity index (χ1) is 9.58. The van der Waals surface area contributed by atoms with Gasteiger partial charge in [-0.25, -0.2) is 9.59 Å². The molecule has 5 heteroatoms. The van der Waals surface area contributed by atoms with Gasteiger partial charge in [0.2, 0.25) is 0 Å². The smallest absolute Gasteiger partial charge is 0.336 e. The van der Waals surface area contributed by atoms with E-state index in [2.05, 4.69) is 27.2 Å². The molecule has 0 aliphatic heterocycles. The van der Waals surface area contributed by atoms with E-state index in [-0.39, 0.29) is 0 Å². The van der Waals surface area contributed by atoms with Gasteiger partial charge in [0.25, 0.3) is 0 Å². The lowest BCUT2D eigenvalue weighted by atomic mass is 10.2. The number of hydrogen-bond acceptors (Lipinski definition) is 4. The first-order valence-electron chi connectivity index (χ1n) is 5.64. The van der Waals surface area contributed by atoms with E-state index in [1.807, 2.05) is 6.07 Å². The van der Waals surface area contributed by atoms with Crippen LogP contribution in [0.5, 0.6) is 5.75 Å². The van der Waals surface area contributed by atoms with Crippen LogP contribution in [0.1, 0.15) is 5.56 Å². The van der Waals surface area contributed by atoms with Gasteiger partial charge < -0.3 is 9.47 Å². The predicted molar refractivity (Wildman–Crippen MR) is 80.2 cm³/mol. The van der Waals surface area contributed by atoms with E-state index in [9.17, 15) is 9.59 Å². The molecule has 0 aromatic heterocycles. The van der Waals surface area contributed by atoms with Crippen LogP contribution in [0.4, 0.5) is 0 Å². The molecule has 0 heterocycles.